The Morgan fingerprint density at radius 3 is 2.76 bits per heavy atom. The van der Waals surface area contributed by atoms with Crippen molar-refractivity contribution in [3.63, 3.8) is 0 Å². The number of nitrogens with zero attached hydrogens (tertiary/aromatic N) is 1. The molecule has 1 aromatic heterocycles. The molecular weight excluding hydrogens is 228 g/mol. The van der Waals surface area contributed by atoms with Crippen LogP contribution in [0.25, 0.3) is 0 Å². The Morgan fingerprint density at radius 2 is 2.12 bits per heavy atom. The summed E-state index contributed by atoms with van der Waals surface area (Å²) in [5.41, 5.74) is 0.267. The summed E-state index contributed by atoms with van der Waals surface area (Å²) in [4.78, 5) is 5.62. The zero-order valence-corrected chi connectivity index (χ0v) is 12.2. The number of nitrogens with one attached hydrogen (secondary N) is 1. The maximum absolute atomic E-state index is 3.57. The van der Waals surface area contributed by atoms with Crippen LogP contribution in [0.5, 0.6) is 0 Å². The lowest BCUT2D eigenvalue weighted by Crippen LogP contribution is -2.60. The van der Waals surface area contributed by atoms with E-state index >= 15 is 0 Å². The van der Waals surface area contributed by atoms with Gasteiger partial charge in [-0.1, -0.05) is 6.92 Å². The van der Waals surface area contributed by atoms with Gasteiger partial charge in [0.2, 0.25) is 0 Å². The second-order valence-electron chi connectivity index (χ2n) is 5.70. The van der Waals surface area contributed by atoms with Gasteiger partial charge in [-0.25, -0.2) is 0 Å². The van der Waals surface area contributed by atoms with Crippen LogP contribution in [0.1, 0.15) is 37.4 Å². The molecule has 0 radical (unpaired) electrons. The Bertz CT molecular complexity index is 370. The fourth-order valence-corrected chi connectivity index (χ4v) is 3.32. The average Bonchev–Trinajstić information content (AvgIpc) is 2.72. The van der Waals surface area contributed by atoms with Crippen molar-refractivity contribution < 1.29 is 0 Å². The topological polar surface area (TPSA) is 15.3 Å². The minimum Gasteiger partial charge on any atom is -0.311 e. The van der Waals surface area contributed by atoms with E-state index in [1.54, 1.807) is 0 Å². The maximum Gasteiger partial charge on any atom is 0.0334 e. The Hall–Kier alpha value is -0.380. The van der Waals surface area contributed by atoms with Gasteiger partial charge < -0.3 is 5.32 Å². The maximum atomic E-state index is 3.57. The van der Waals surface area contributed by atoms with Crippen LogP contribution >= 0.6 is 11.3 Å². The van der Waals surface area contributed by atoms with Crippen LogP contribution in [0.2, 0.25) is 0 Å². The quantitative estimate of drug-likeness (QED) is 0.890. The monoisotopic (exact) mass is 252 g/mol. The van der Waals surface area contributed by atoms with Gasteiger partial charge in [-0.05, 0) is 39.3 Å². The van der Waals surface area contributed by atoms with Gasteiger partial charge in [0.05, 0.1) is 0 Å². The molecule has 1 unspecified atom stereocenters. The predicted octanol–water partition coefficient (Wildman–Crippen LogP) is 2.88. The van der Waals surface area contributed by atoms with E-state index in [0.29, 0.717) is 6.04 Å². The van der Waals surface area contributed by atoms with Gasteiger partial charge in [0.15, 0.2) is 0 Å². The SMILES string of the molecule is CCc1ccc(CN2CC(C)NCC2(C)C)s1. The number of hydrogen-bond donors (Lipinski definition) is 1. The van der Waals surface area contributed by atoms with Crippen molar-refractivity contribution in [2.45, 2.75) is 52.2 Å². The lowest BCUT2D eigenvalue weighted by Gasteiger charge is -2.45. The fourth-order valence-electron chi connectivity index (χ4n) is 2.34. The van der Waals surface area contributed by atoms with E-state index in [-0.39, 0.29) is 5.54 Å². The van der Waals surface area contributed by atoms with Gasteiger partial charge in [0, 0.05) is 41.0 Å². The van der Waals surface area contributed by atoms with Gasteiger partial charge in [-0.15, -0.1) is 11.3 Å². The number of hydrogen-bond acceptors (Lipinski definition) is 3. The van der Waals surface area contributed by atoms with Crippen LogP contribution in [0, 0.1) is 0 Å². The van der Waals surface area contributed by atoms with Gasteiger partial charge in [0.1, 0.15) is 0 Å². The normalized spacial score (nSPS) is 25.1. The Kier molecular flexibility index (Phi) is 3.91. The van der Waals surface area contributed by atoms with E-state index in [4.69, 9.17) is 0 Å². The molecule has 0 amide bonds. The van der Waals surface area contributed by atoms with E-state index in [1.165, 1.54) is 9.75 Å². The highest BCUT2D eigenvalue weighted by Crippen LogP contribution is 2.25. The molecule has 1 aromatic rings. The zero-order chi connectivity index (χ0) is 12.5. The largest absolute Gasteiger partial charge is 0.311 e. The molecule has 2 nitrogen and oxygen atoms in total. The second-order valence-corrected chi connectivity index (χ2v) is 6.95. The van der Waals surface area contributed by atoms with E-state index in [0.717, 1.165) is 26.1 Å². The molecule has 2 heterocycles. The highest BCUT2D eigenvalue weighted by Gasteiger charge is 2.32. The van der Waals surface area contributed by atoms with Crippen molar-refractivity contribution in [1.82, 2.24) is 10.2 Å². The lowest BCUT2D eigenvalue weighted by molar-refractivity contribution is 0.0636. The minimum atomic E-state index is 0.267. The first-order chi connectivity index (χ1) is 8.01. The molecular formula is C14H24N2S. The smallest absolute Gasteiger partial charge is 0.0334 e. The molecule has 1 N–H and O–H groups in total. The zero-order valence-electron chi connectivity index (χ0n) is 11.4. The van der Waals surface area contributed by atoms with Crippen molar-refractivity contribution in [2.75, 3.05) is 13.1 Å². The van der Waals surface area contributed by atoms with E-state index in [9.17, 15) is 0 Å². The third-order valence-corrected chi connectivity index (χ3v) is 4.86. The summed E-state index contributed by atoms with van der Waals surface area (Å²) in [6.07, 6.45) is 1.16. The molecule has 0 spiro atoms. The Balaban J connectivity index is 2.05. The molecule has 17 heavy (non-hydrogen) atoms. The number of aryl methyl sites for hydroxylation is 1. The molecule has 1 aliphatic rings. The van der Waals surface area contributed by atoms with Crippen molar-refractivity contribution in [2.24, 2.45) is 0 Å². The van der Waals surface area contributed by atoms with Gasteiger partial charge >= 0.3 is 0 Å². The van der Waals surface area contributed by atoms with E-state index in [1.807, 2.05) is 11.3 Å². The first kappa shape index (κ1) is 13.1. The standard InChI is InChI=1S/C14H24N2S/c1-5-12-6-7-13(17-12)9-16-8-11(2)15-10-14(16,3)4/h6-7,11,15H,5,8-10H2,1-4H3. The summed E-state index contributed by atoms with van der Waals surface area (Å²) in [6.45, 7) is 12.5. The Labute approximate surface area is 109 Å². The molecule has 0 saturated carbocycles. The number of piperazine rings is 1. The highest BCUT2D eigenvalue weighted by molar-refractivity contribution is 7.11. The summed E-state index contributed by atoms with van der Waals surface area (Å²) in [5.74, 6) is 0. The minimum absolute atomic E-state index is 0.267. The van der Waals surface area contributed by atoms with Crippen molar-refractivity contribution in [1.29, 1.82) is 0 Å². The summed E-state index contributed by atoms with van der Waals surface area (Å²) in [7, 11) is 0. The van der Waals surface area contributed by atoms with Crippen molar-refractivity contribution in [3.8, 4) is 0 Å². The van der Waals surface area contributed by atoms with Gasteiger partial charge in [-0.2, -0.15) is 0 Å². The van der Waals surface area contributed by atoms with Crippen LogP contribution in [0.4, 0.5) is 0 Å². The third-order valence-electron chi connectivity index (χ3n) is 3.65. The van der Waals surface area contributed by atoms with Crippen LogP contribution in [0.15, 0.2) is 12.1 Å². The van der Waals surface area contributed by atoms with Crippen LogP contribution in [-0.2, 0) is 13.0 Å². The molecule has 1 atom stereocenters. The number of rotatable bonds is 3. The molecule has 0 aliphatic carbocycles. The van der Waals surface area contributed by atoms with E-state index in [2.05, 4.69) is 50.0 Å². The van der Waals surface area contributed by atoms with E-state index < -0.39 is 0 Å². The van der Waals surface area contributed by atoms with Crippen LogP contribution in [0.3, 0.4) is 0 Å². The molecule has 96 valence electrons. The average molecular weight is 252 g/mol. The fraction of sp³-hybridized carbons (Fsp3) is 0.714. The molecule has 1 saturated heterocycles. The summed E-state index contributed by atoms with van der Waals surface area (Å²) in [5, 5.41) is 3.57. The van der Waals surface area contributed by atoms with Crippen molar-refractivity contribution in [3.05, 3.63) is 21.9 Å². The molecule has 3 heteroatoms. The summed E-state index contributed by atoms with van der Waals surface area (Å²) in [6, 6.07) is 5.18. The van der Waals surface area contributed by atoms with Crippen molar-refractivity contribution >= 4 is 11.3 Å². The van der Waals surface area contributed by atoms with Gasteiger partial charge in [-0.3, -0.25) is 4.90 Å². The molecule has 0 bridgehead atoms. The summed E-state index contributed by atoms with van der Waals surface area (Å²) < 4.78 is 0. The predicted molar refractivity (Wildman–Crippen MR) is 75.7 cm³/mol. The second kappa shape index (κ2) is 5.09. The third kappa shape index (κ3) is 3.09. The number of thiophene rings is 1. The van der Waals surface area contributed by atoms with Crippen LogP contribution in [-0.4, -0.2) is 29.6 Å². The molecule has 0 aromatic carbocycles. The van der Waals surface area contributed by atoms with Crippen LogP contribution < -0.4 is 5.32 Å². The Morgan fingerprint density at radius 1 is 1.41 bits per heavy atom. The van der Waals surface area contributed by atoms with Gasteiger partial charge in [0.25, 0.3) is 0 Å². The first-order valence-corrected chi connectivity index (χ1v) is 7.39. The lowest BCUT2D eigenvalue weighted by atomic mass is 9.98. The highest BCUT2D eigenvalue weighted by atomic mass is 32.1. The molecule has 1 aliphatic heterocycles. The first-order valence-electron chi connectivity index (χ1n) is 6.57. The summed E-state index contributed by atoms with van der Waals surface area (Å²) >= 11 is 1.97. The molecule has 1 fully saturated rings. The molecule has 2 rings (SSSR count).